The number of methoxy groups -OCH3 is 1. The summed E-state index contributed by atoms with van der Waals surface area (Å²) in [6.45, 7) is 9.03. The molecule has 0 aromatic carbocycles. The number of fused-ring (bicyclic) bond motifs is 5. The summed E-state index contributed by atoms with van der Waals surface area (Å²) in [5, 5.41) is 2.66. The minimum absolute atomic E-state index is 0.0347. The van der Waals surface area contributed by atoms with Crippen LogP contribution in [0.25, 0.3) is 0 Å². The van der Waals surface area contributed by atoms with Crippen LogP contribution in [-0.4, -0.2) is 31.3 Å². The smallest absolute Gasteiger partial charge is 0.325 e. The highest BCUT2D eigenvalue weighted by Crippen LogP contribution is 2.67. The number of Topliss-reactive ketones (excluding diaryl/α,β-unsaturated/α-hetero) is 1. The van der Waals surface area contributed by atoms with Gasteiger partial charge in [0.05, 0.1) is 7.11 Å². The minimum Gasteiger partial charge on any atom is -0.468 e. The van der Waals surface area contributed by atoms with Gasteiger partial charge in [0.2, 0.25) is 5.91 Å². The molecule has 0 aromatic rings. The predicted molar refractivity (Wildman–Crippen MR) is 130 cm³/mol. The summed E-state index contributed by atoms with van der Waals surface area (Å²) in [4.78, 5) is 35.3. The Balaban J connectivity index is 0.00000149. The average Bonchev–Trinajstić information content (AvgIpc) is 3.15. The highest BCUT2D eigenvalue weighted by molar-refractivity contribution is 5.81. The molecule has 4 aliphatic rings. The lowest BCUT2D eigenvalue weighted by Gasteiger charge is -2.60. The maximum absolute atomic E-state index is 12.1. The fourth-order valence-corrected chi connectivity index (χ4v) is 8.47. The standard InChI is InChI=1S/C26H41NO4.C2H6/c1-25-14-12-22-20(9-7-18-15-19(28)11-13-26(18,22)2)21(25)10-8-17(25)5-4-6-23(29)27-16-24(30)31-3;1-2/h17-18,20-22H,4-16H2,1-3H3,(H,27,29);1-2H3. The summed E-state index contributed by atoms with van der Waals surface area (Å²) in [6.07, 6.45) is 13.1. The Labute approximate surface area is 201 Å². The highest BCUT2D eigenvalue weighted by atomic mass is 16.5. The van der Waals surface area contributed by atoms with E-state index in [2.05, 4.69) is 23.9 Å². The van der Waals surface area contributed by atoms with Gasteiger partial charge in [-0.3, -0.25) is 14.4 Å². The van der Waals surface area contributed by atoms with Crippen LogP contribution >= 0.6 is 0 Å². The molecule has 0 aromatic heterocycles. The quantitative estimate of drug-likeness (QED) is 0.515. The Morgan fingerprint density at radius 2 is 1.73 bits per heavy atom. The summed E-state index contributed by atoms with van der Waals surface area (Å²) in [7, 11) is 1.33. The lowest BCUT2D eigenvalue weighted by atomic mass is 9.44. The molecule has 0 radical (unpaired) electrons. The van der Waals surface area contributed by atoms with Gasteiger partial charge in [0.25, 0.3) is 0 Å². The van der Waals surface area contributed by atoms with E-state index in [9.17, 15) is 14.4 Å². The topological polar surface area (TPSA) is 72.5 Å². The van der Waals surface area contributed by atoms with E-state index in [4.69, 9.17) is 0 Å². The lowest BCUT2D eigenvalue weighted by Crippen LogP contribution is -2.53. The first-order chi connectivity index (χ1) is 15.8. The molecule has 4 fully saturated rings. The van der Waals surface area contributed by atoms with E-state index in [0.29, 0.717) is 34.9 Å². The van der Waals surface area contributed by atoms with Crippen LogP contribution in [-0.2, 0) is 19.1 Å². The minimum atomic E-state index is -0.401. The van der Waals surface area contributed by atoms with Gasteiger partial charge in [0.15, 0.2) is 0 Å². The fourth-order valence-electron chi connectivity index (χ4n) is 8.47. The second-order valence-electron chi connectivity index (χ2n) is 11.5. The van der Waals surface area contributed by atoms with Crippen molar-refractivity contribution in [1.29, 1.82) is 0 Å². The number of carbonyl (C=O) groups excluding carboxylic acids is 3. The number of amides is 1. The summed E-state index contributed by atoms with van der Waals surface area (Å²) in [5.74, 6) is 3.85. The van der Waals surface area contributed by atoms with E-state index in [1.165, 1.54) is 45.6 Å². The van der Waals surface area contributed by atoms with Gasteiger partial charge in [-0.05, 0) is 98.2 Å². The Morgan fingerprint density at radius 1 is 1.00 bits per heavy atom. The molecule has 4 saturated carbocycles. The van der Waals surface area contributed by atoms with Crippen molar-refractivity contribution in [2.24, 2.45) is 40.4 Å². The second kappa shape index (κ2) is 10.9. The normalized spacial score (nSPS) is 39.3. The summed E-state index contributed by atoms with van der Waals surface area (Å²) in [6, 6.07) is 0. The van der Waals surface area contributed by atoms with Crippen molar-refractivity contribution in [3.63, 3.8) is 0 Å². The van der Waals surface area contributed by atoms with Crippen molar-refractivity contribution in [2.45, 2.75) is 105 Å². The summed E-state index contributed by atoms with van der Waals surface area (Å²) < 4.78 is 4.58. The molecule has 1 amide bonds. The van der Waals surface area contributed by atoms with Crippen molar-refractivity contribution in [2.75, 3.05) is 13.7 Å². The van der Waals surface area contributed by atoms with Crippen LogP contribution in [0.15, 0.2) is 0 Å². The van der Waals surface area contributed by atoms with Crippen LogP contribution in [0.3, 0.4) is 0 Å². The molecule has 1 N–H and O–H groups in total. The third-order valence-corrected chi connectivity index (χ3v) is 10.3. The van der Waals surface area contributed by atoms with Crippen LogP contribution in [0.1, 0.15) is 105 Å². The Hall–Kier alpha value is -1.39. The number of hydrogen-bond acceptors (Lipinski definition) is 4. The molecule has 0 bridgehead atoms. The van der Waals surface area contributed by atoms with Crippen molar-refractivity contribution >= 4 is 17.7 Å². The van der Waals surface area contributed by atoms with E-state index >= 15 is 0 Å². The Bertz CT molecular complexity index is 721. The molecule has 4 aliphatic carbocycles. The predicted octanol–water partition coefficient (Wildman–Crippen LogP) is 5.70. The molecule has 5 heteroatoms. The molecule has 33 heavy (non-hydrogen) atoms. The molecule has 4 rings (SSSR count). The average molecular weight is 462 g/mol. The van der Waals surface area contributed by atoms with Crippen LogP contribution in [0, 0.1) is 40.4 Å². The van der Waals surface area contributed by atoms with Crippen LogP contribution in [0.5, 0.6) is 0 Å². The molecule has 0 aliphatic heterocycles. The van der Waals surface area contributed by atoms with Crippen molar-refractivity contribution in [3.05, 3.63) is 0 Å². The SMILES string of the molecule is CC.COC(=O)CNC(=O)CCCC1CCC2C3CCC4CC(=O)CCC4(C)C3CCC12C. The summed E-state index contributed by atoms with van der Waals surface area (Å²) in [5.41, 5.74) is 0.797. The molecule has 7 atom stereocenters. The van der Waals surface area contributed by atoms with Crippen LogP contribution in [0.2, 0.25) is 0 Å². The highest BCUT2D eigenvalue weighted by Gasteiger charge is 2.59. The zero-order valence-corrected chi connectivity index (χ0v) is 21.7. The van der Waals surface area contributed by atoms with Gasteiger partial charge in [-0.15, -0.1) is 0 Å². The zero-order chi connectivity index (χ0) is 24.2. The third kappa shape index (κ3) is 5.17. The van der Waals surface area contributed by atoms with Crippen molar-refractivity contribution < 1.29 is 19.1 Å². The lowest BCUT2D eigenvalue weighted by molar-refractivity contribution is -0.141. The number of ether oxygens (including phenoxy) is 1. The molecule has 0 heterocycles. The maximum atomic E-state index is 12.1. The second-order valence-corrected chi connectivity index (χ2v) is 11.5. The van der Waals surface area contributed by atoms with E-state index in [-0.39, 0.29) is 12.5 Å². The van der Waals surface area contributed by atoms with E-state index in [1.807, 2.05) is 13.8 Å². The van der Waals surface area contributed by atoms with Crippen LogP contribution in [0.4, 0.5) is 0 Å². The van der Waals surface area contributed by atoms with Gasteiger partial charge in [-0.25, -0.2) is 0 Å². The summed E-state index contributed by atoms with van der Waals surface area (Å²) >= 11 is 0. The van der Waals surface area contributed by atoms with Gasteiger partial charge >= 0.3 is 5.97 Å². The molecule has 7 unspecified atom stereocenters. The Morgan fingerprint density at radius 3 is 2.45 bits per heavy atom. The monoisotopic (exact) mass is 461 g/mol. The number of nitrogens with one attached hydrogen (secondary N) is 1. The first-order valence-corrected chi connectivity index (χ1v) is 13.6. The molecule has 188 valence electrons. The molecule has 0 saturated heterocycles. The largest absolute Gasteiger partial charge is 0.468 e. The van der Waals surface area contributed by atoms with E-state index in [1.54, 1.807) is 0 Å². The first kappa shape index (κ1) is 26.2. The zero-order valence-electron chi connectivity index (χ0n) is 21.7. The van der Waals surface area contributed by atoms with E-state index in [0.717, 1.165) is 49.9 Å². The van der Waals surface area contributed by atoms with Gasteiger partial charge in [0.1, 0.15) is 12.3 Å². The fraction of sp³-hybridized carbons (Fsp3) is 0.893. The number of ketones is 1. The van der Waals surface area contributed by atoms with Gasteiger partial charge in [-0.1, -0.05) is 27.7 Å². The van der Waals surface area contributed by atoms with Gasteiger partial charge < -0.3 is 10.1 Å². The van der Waals surface area contributed by atoms with Crippen LogP contribution < -0.4 is 5.32 Å². The van der Waals surface area contributed by atoms with Gasteiger partial charge in [0, 0.05) is 19.3 Å². The Kier molecular flexibility index (Phi) is 8.66. The number of carbonyl (C=O) groups is 3. The third-order valence-electron chi connectivity index (χ3n) is 10.3. The maximum Gasteiger partial charge on any atom is 0.325 e. The molecule has 0 spiro atoms. The molecule has 5 nitrogen and oxygen atoms in total. The molecular weight excluding hydrogens is 414 g/mol. The molecular formula is C28H47NO4. The first-order valence-electron chi connectivity index (χ1n) is 13.6. The number of hydrogen-bond donors (Lipinski definition) is 1. The van der Waals surface area contributed by atoms with Crippen molar-refractivity contribution in [1.82, 2.24) is 5.32 Å². The van der Waals surface area contributed by atoms with E-state index < -0.39 is 5.97 Å². The number of esters is 1. The van der Waals surface area contributed by atoms with Gasteiger partial charge in [-0.2, -0.15) is 0 Å². The number of rotatable bonds is 6. The van der Waals surface area contributed by atoms with Crippen molar-refractivity contribution in [3.8, 4) is 0 Å².